The molecule has 0 aromatic carbocycles. The number of rotatable bonds is 6. The molecule has 246 valence electrons. The predicted molar refractivity (Wildman–Crippen MR) is 156 cm³/mol. The van der Waals surface area contributed by atoms with E-state index < -0.39 is 41.4 Å². The van der Waals surface area contributed by atoms with Crippen molar-refractivity contribution >= 4 is 46.7 Å². The molecular weight excluding hydrogens is 625 g/mol. The molecule has 4 rings (SSSR count). The minimum absolute atomic E-state index is 0.0190. The van der Waals surface area contributed by atoms with Gasteiger partial charge in [-0.25, -0.2) is 45.4 Å². The molecule has 0 bridgehead atoms. The second-order valence-corrected chi connectivity index (χ2v) is 12.4. The van der Waals surface area contributed by atoms with E-state index in [1.165, 1.54) is 12.4 Å². The maximum atomic E-state index is 13.5. The average molecular weight is 659 g/mol. The summed E-state index contributed by atoms with van der Waals surface area (Å²) in [4.78, 5) is 48.4. The van der Waals surface area contributed by atoms with E-state index in [1.807, 2.05) is 11.8 Å². The molecular formula is C26H34ClF3N10O5. The van der Waals surface area contributed by atoms with Gasteiger partial charge >= 0.3 is 18.4 Å². The van der Waals surface area contributed by atoms with Crippen molar-refractivity contribution in [2.75, 3.05) is 29.8 Å². The molecule has 2 amide bonds. The first-order valence-corrected chi connectivity index (χ1v) is 14.1. The van der Waals surface area contributed by atoms with Crippen molar-refractivity contribution in [1.82, 2.24) is 40.3 Å². The van der Waals surface area contributed by atoms with Crippen molar-refractivity contribution < 1.29 is 37.0 Å². The molecule has 3 aromatic rings. The van der Waals surface area contributed by atoms with Gasteiger partial charge in [0.25, 0.3) is 5.95 Å². The highest BCUT2D eigenvalue weighted by Gasteiger charge is 2.33. The van der Waals surface area contributed by atoms with E-state index in [2.05, 4.69) is 35.8 Å². The molecule has 1 fully saturated rings. The van der Waals surface area contributed by atoms with E-state index in [-0.39, 0.29) is 40.4 Å². The Kier molecular flexibility index (Phi) is 9.48. The molecule has 0 unspecified atom stereocenters. The Morgan fingerprint density at radius 1 is 1.02 bits per heavy atom. The number of nitrogens with zero attached hydrogens (tertiary/aromatic N) is 8. The first kappa shape index (κ1) is 33.7. The van der Waals surface area contributed by atoms with E-state index >= 15 is 0 Å². The minimum Gasteiger partial charge on any atom is -0.443 e. The van der Waals surface area contributed by atoms with Gasteiger partial charge in [0.1, 0.15) is 17.7 Å². The monoisotopic (exact) mass is 658 g/mol. The van der Waals surface area contributed by atoms with Gasteiger partial charge in [-0.15, -0.1) is 5.12 Å². The average Bonchev–Trinajstić information content (AvgIpc) is 3.19. The Bertz CT molecular complexity index is 1510. The Balaban J connectivity index is 1.74. The molecule has 1 aliphatic rings. The Labute approximate surface area is 261 Å². The van der Waals surface area contributed by atoms with Crippen molar-refractivity contribution in [2.24, 2.45) is 0 Å². The van der Waals surface area contributed by atoms with Crippen molar-refractivity contribution in [1.29, 1.82) is 0 Å². The van der Waals surface area contributed by atoms with Crippen LogP contribution in [-0.2, 0) is 20.8 Å². The maximum Gasteiger partial charge on any atom is 0.428 e. The van der Waals surface area contributed by atoms with Gasteiger partial charge in [0.2, 0.25) is 5.28 Å². The number of hydrogen-bond donors (Lipinski definition) is 2. The molecule has 2 N–H and O–H groups in total. The van der Waals surface area contributed by atoms with Crippen LogP contribution >= 0.6 is 11.6 Å². The molecule has 1 aliphatic heterocycles. The predicted octanol–water partition coefficient (Wildman–Crippen LogP) is 4.41. The van der Waals surface area contributed by atoms with Crippen LogP contribution in [0.5, 0.6) is 0 Å². The fourth-order valence-electron chi connectivity index (χ4n) is 4.11. The number of fused-ring (bicyclic) bond motifs is 1. The first-order valence-electron chi connectivity index (χ1n) is 13.8. The van der Waals surface area contributed by atoms with Crippen LogP contribution in [0.25, 0.3) is 22.6 Å². The number of halogens is 4. The highest BCUT2D eigenvalue weighted by atomic mass is 35.5. The number of amides is 2. The van der Waals surface area contributed by atoms with E-state index in [0.29, 0.717) is 19.8 Å². The number of carbonyl (C=O) groups is 2. The maximum absolute atomic E-state index is 13.5. The SMILES string of the molecule is C[C@H]1COCCN1c1nc(-c2cnc(N(NC(=O)OC(C)(C)C)NC(=O)OC(C)(C)C)nc2)nc2c1nc(Cl)n2CC(F)(F)F. The van der Waals surface area contributed by atoms with Crippen LogP contribution in [-0.4, -0.2) is 84.9 Å². The molecule has 1 saturated heterocycles. The normalized spacial score (nSPS) is 16.0. The standard InChI is InChI=1S/C26H34ClF3N10O5/c1-14-12-43-9-8-38(14)18-16-19(39(20(27)33-16)13-26(28,29)30)35-17(34-18)15-10-31-21(32-11-15)40(36-22(41)44-24(2,3)4)37-23(42)45-25(5,6)7/h10-11,14H,8-9,12-13H2,1-7H3,(H,36,41)(H,37,42)/t14-/m0/s1. The van der Waals surface area contributed by atoms with Crippen molar-refractivity contribution in [3.05, 3.63) is 17.7 Å². The highest BCUT2D eigenvalue weighted by molar-refractivity contribution is 6.29. The molecule has 1 atom stereocenters. The molecule has 45 heavy (non-hydrogen) atoms. The lowest BCUT2D eigenvalue weighted by Gasteiger charge is -2.34. The van der Waals surface area contributed by atoms with E-state index in [1.54, 1.807) is 41.5 Å². The molecule has 19 heteroatoms. The van der Waals surface area contributed by atoms with E-state index in [4.69, 9.17) is 25.8 Å². The minimum atomic E-state index is -4.61. The van der Waals surface area contributed by atoms with Gasteiger partial charge in [0.15, 0.2) is 22.8 Å². The van der Waals surface area contributed by atoms with Crippen LogP contribution in [0.15, 0.2) is 12.4 Å². The summed E-state index contributed by atoms with van der Waals surface area (Å²) in [6, 6.07) is -0.179. The van der Waals surface area contributed by atoms with Crippen molar-refractivity contribution in [2.45, 2.75) is 78.4 Å². The van der Waals surface area contributed by atoms with Gasteiger partial charge in [-0.1, -0.05) is 0 Å². The first-order chi connectivity index (χ1) is 20.8. The second-order valence-electron chi connectivity index (χ2n) is 12.1. The summed E-state index contributed by atoms with van der Waals surface area (Å²) in [6.45, 7) is 11.5. The van der Waals surface area contributed by atoms with Gasteiger partial charge < -0.3 is 19.1 Å². The third kappa shape index (κ3) is 8.93. The Morgan fingerprint density at radius 3 is 2.11 bits per heavy atom. The molecule has 0 saturated carbocycles. The number of morpholine rings is 1. The van der Waals surface area contributed by atoms with E-state index in [9.17, 15) is 22.8 Å². The number of ether oxygens (including phenoxy) is 3. The van der Waals surface area contributed by atoms with Crippen molar-refractivity contribution in [3.8, 4) is 11.4 Å². The number of hydrazine groups is 2. The summed E-state index contributed by atoms with van der Waals surface area (Å²) in [5, 5.41) is 0.397. The zero-order valence-corrected chi connectivity index (χ0v) is 26.4. The lowest BCUT2D eigenvalue weighted by Crippen LogP contribution is -2.56. The zero-order chi connectivity index (χ0) is 33.3. The number of aromatic nitrogens is 6. The van der Waals surface area contributed by atoms with Gasteiger partial charge in [-0.2, -0.15) is 13.2 Å². The summed E-state index contributed by atoms with van der Waals surface area (Å²) in [6.07, 6.45) is -3.94. The lowest BCUT2D eigenvalue weighted by atomic mass is 10.2. The smallest absolute Gasteiger partial charge is 0.428 e. The summed E-state index contributed by atoms with van der Waals surface area (Å²) in [7, 11) is 0. The summed E-state index contributed by atoms with van der Waals surface area (Å²) < 4.78 is 57.2. The summed E-state index contributed by atoms with van der Waals surface area (Å²) in [5.74, 6) is 0.0238. The number of nitrogens with one attached hydrogen (secondary N) is 2. The number of imidazole rings is 1. The molecule has 0 radical (unpaired) electrons. The Morgan fingerprint density at radius 2 is 1.60 bits per heavy atom. The van der Waals surface area contributed by atoms with E-state index in [0.717, 1.165) is 9.69 Å². The summed E-state index contributed by atoms with van der Waals surface area (Å²) >= 11 is 6.16. The third-order valence-electron chi connectivity index (χ3n) is 5.81. The molecule has 0 aliphatic carbocycles. The second kappa shape index (κ2) is 12.7. The number of alkyl halides is 3. The highest BCUT2D eigenvalue weighted by Crippen LogP contribution is 2.33. The van der Waals surface area contributed by atoms with Gasteiger partial charge in [-0.05, 0) is 60.1 Å². The fraction of sp³-hybridized carbons (Fsp3) is 0.577. The van der Waals surface area contributed by atoms with Crippen LogP contribution in [0, 0.1) is 0 Å². The summed E-state index contributed by atoms with van der Waals surface area (Å²) in [5.41, 5.74) is 3.09. The van der Waals surface area contributed by atoms with Crippen LogP contribution in [0.4, 0.5) is 34.5 Å². The number of hydrogen-bond acceptors (Lipinski definition) is 12. The lowest BCUT2D eigenvalue weighted by molar-refractivity contribution is -0.140. The molecule has 4 heterocycles. The topological polar surface area (TPSA) is 162 Å². The van der Waals surface area contributed by atoms with Crippen LogP contribution in [0.2, 0.25) is 5.28 Å². The van der Waals surface area contributed by atoms with Gasteiger partial charge in [0.05, 0.1) is 24.8 Å². The molecule has 3 aromatic heterocycles. The molecule has 0 spiro atoms. The van der Waals surface area contributed by atoms with Gasteiger partial charge in [0, 0.05) is 18.9 Å². The quantitative estimate of drug-likeness (QED) is 0.284. The van der Waals surface area contributed by atoms with Crippen LogP contribution in [0.1, 0.15) is 48.5 Å². The van der Waals surface area contributed by atoms with Crippen LogP contribution < -0.4 is 20.9 Å². The fourth-order valence-corrected chi connectivity index (χ4v) is 4.34. The van der Waals surface area contributed by atoms with Crippen LogP contribution in [0.3, 0.4) is 0 Å². The molecule has 15 nitrogen and oxygen atoms in total. The number of anilines is 2. The van der Waals surface area contributed by atoms with Crippen molar-refractivity contribution in [3.63, 3.8) is 0 Å². The zero-order valence-electron chi connectivity index (χ0n) is 25.7. The Hall–Kier alpha value is -4.19. The number of carbonyl (C=O) groups excluding carboxylic acids is 2. The third-order valence-corrected chi connectivity index (χ3v) is 6.10. The van der Waals surface area contributed by atoms with Gasteiger partial charge in [-0.3, -0.25) is 4.57 Å². The largest absolute Gasteiger partial charge is 0.443 e.